The van der Waals surface area contributed by atoms with E-state index in [2.05, 4.69) is 70.9 Å². The Hall–Kier alpha value is -1.64. The van der Waals surface area contributed by atoms with Crippen LogP contribution >= 0.6 is 0 Å². The van der Waals surface area contributed by atoms with Crippen LogP contribution in [0.2, 0.25) is 0 Å². The summed E-state index contributed by atoms with van der Waals surface area (Å²) in [5, 5.41) is 3.50. The van der Waals surface area contributed by atoms with E-state index in [9.17, 15) is 0 Å². The van der Waals surface area contributed by atoms with Crippen molar-refractivity contribution in [1.82, 2.24) is 10.2 Å². The van der Waals surface area contributed by atoms with E-state index >= 15 is 0 Å². The molecule has 0 aromatic heterocycles. The van der Waals surface area contributed by atoms with Gasteiger partial charge in [0.1, 0.15) is 0 Å². The first-order chi connectivity index (χ1) is 11.9. The summed E-state index contributed by atoms with van der Waals surface area (Å²) < 4.78 is 0. The highest BCUT2D eigenvalue weighted by molar-refractivity contribution is 5.15. The normalized spacial score (nSPS) is 15.7. The SMILES string of the molecule is c1ccc(CCCN(CCc2ccccc2)C2CCNCC2)cc1. The fourth-order valence-corrected chi connectivity index (χ4v) is 3.70. The molecule has 24 heavy (non-hydrogen) atoms. The lowest BCUT2D eigenvalue weighted by atomic mass is 10.0. The minimum Gasteiger partial charge on any atom is -0.317 e. The van der Waals surface area contributed by atoms with Gasteiger partial charge in [0.05, 0.1) is 0 Å². The van der Waals surface area contributed by atoms with Gasteiger partial charge in [-0.2, -0.15) is 0 Å². The molecular weight excluding hydrogens is 292 g/mol. The molecule has 3 rings (SSSR count). The molecule has 1 aliphatic rings. The fourth-order valence-electron chi connectivity index (χ4n) is 3.70. The Morgan fingerprint density at radius 1 is 0.750 bits per heavy atom. The minimum absolute atomic E-state index is 0.755. The third-order valence-corrected chi connectivity index (χ3v) is 5.11. The Morgan fingerprint density at radius 2 is 1.33 bits per heavy atom. The molecule has 2 aromatic rings. The van der Waals surface area contributed by atoms with E-state index in [1.54, 1.807) is 0 Å². The molecule has 128 valence electrons. The molecule has 1 fully saturated rings. The van der Waals surface area contributed by atoms with Crippen molar-refractivity contribution in [2.24, 2.45) is 0 Å². The number of piperidine rings is 1. The molecule has 2 nitrogen and oxygen atoms in total. The zero-order chi connectivity index (χ0) is 16.5. The van der Waals surface area contributed by atoms with Crippen LogP contribution in [0.5, 0.6) is 0 Å². The molecule has 2 aromatic carbocycles. The zero-order valence-electron chi connectivity index (χ0n) is 14.7. The summed E-state index contributed by atoms with van der Waals surface area (Å²) in [6.07, 6.45) is 6.19. The van der Waals surface area contributed by atoms with Crippen LogP contribution in [0.25, 0.3) is 0 Å². The van der Waals surface area contributed by atoms with Gasteiger partial charge in [-0.05, 0) is 62.9 Å². The number of rotatable bonds is 8. The van der Waals surface area contributed by atoms with Crippen molar-refractivity contribution in [3.63, 3.8) is 0 Å². The second kappa shape index (κ2) is 9.61. The molecule has 0 saturated carbocycles. The summed E-state index contributed by atoms with van der Waals surface area (Å²) in [7, 11) is 0. The van der Waals surface area contributed by atoms with Gasteiger partial charge in [0.2, 0.25) is 0 Å². The maximum Gasteiger partial charge on any atom is 0.0119 e. The lowest BCUT2D eigenvalue weighted by Crippen LogP contribution is -2.44. The molecule has 0 atom stereocenters. The predicted octanol–water partition coefficient (Wildman–Crippen LogP) is 3.92. The van der Waals surface area contributed by atoms with Crippen LogP contribution in [0.1, 0.15) is 30.4 Å². The molecule has 0 spiro atoms. The van der Waals surface area contributed by atoms with Crippen LogP contribution in [-0.4, -0.2) is 37.1 Å². The fraction of sp³-hybridized carbons (Fsp3) is 0.455. The lowest BCUT2D eigenvalue weighted by molar-refractivity contribution is 0.162. The molecule has 0 radical (unpaired) electrons. The Morgan fingerprint density at radius 3 is 1.96 bits per heavy atom. The van der Waals surface area contributed by atoms with Crippen molar-refractivity contribution in [3.05, 3.63) is 71.8 Å². The van der Waals surface area contributed by atoms with Gasteiger partial charge in [0.15, 0.2) is 0 Å². The minimum atomic E-state index is 0.755. The van der Waals surface area contributed by atoms with Crippen LogP contribution < -0.4 is 5.32 Å². The van der Waals surface area contributed by atoms with Crippen molar-refractivity contribution >= 4 is 0 Å². The quantitative estimate of drug-likeness (QED) is 0.792. The molecule has 2 heteroatoms. The van der Waals surface area contributed by atoms with E-state index in [0.29, 0.717) is 0 Å². The topological polar surface area (TPSA) is 15.3 Å². The Balaban J connectivity index is 1.52. The monoisotopic (exact) mass is 322 g/mol. The molecule has 1 saturated heterocycles. The number of aryl methyl sites for hydroxylation is 1. The molecule has 0 unspecified atom stereocenters. The Kier molecular flexibility index (Phi) is 6.88. The highest BCUT2D eigenvalue weighted by atomic mass is 15.2. The number of nitrogens with one attached hydrogen (secondary N) is 1. The van der Waals surface area contributed by atoms with Crippen molar-refractivity contribution in [3.8, 4) is 0 Å². The average Bonchev–Trinajstić information content (AvgIpc) is 2.67. The first kappa shape index (κ1) is 17.2. The maximum atomic E-state index is 3.50. The number of nitrogens with zero attached hydrogens (tertiary/aromatic N) is 1. The van der Waals surface area contributed by atoms with Gasteiger partial charge in [-0.15, -0.1) is 0 Å². The molecular formula is C22H30N2. The first-order valence-corrected chi connectivity index (χ1v) is 9.44. The molecule has 1 aliphatic heterocycles. The van der Waals surface area contributed by atoms with Crippen molar-refractivity contribution < 1.29 is 0 Å². The Labute approximate surface area is 146 Å². The van der Waals surface area contributed by atoms with Gasteiger partial charge in [0.25, 0.3) is 0 Å². The summed E-state index contributed by atoms with van der Waals surface area (Å²) in [5.41, 5.74) is 2.92. The number of hydrogen-bond acceptors (Lipinski definition) is 2. The van der Waals surface area contributed by atoms with Crippen LogP contribution in [0, 0.1) is 0 Å². The summed E-state index contributed by atoms with van der Waals surface area (Å²) in [6, 6.07) is 22.6. The van der Waals surface area contributed by atoms with E-state index in [-0.39, 0.29) is 0 Å². The van der Waals surface area contributed by atoms with E-state index < -0.39 is 0 Å². The highest BCUT2D eigenvalue weighted by Gasteiger charge is 2.20. The summed E-state index contributed by atoms with van der Waals surface area (Å²) in [6.45, 7) is 4.74. The van der Waals surface area contributed by atoms with Crippen LogP contribution in [-0.2, 0) is 12.8 Å². The van der Waals surface area contributed by atoms with Crippen LogP contribution in [0.4, 0.5) is 0 Å². The predicted molar refractivity (Wildman–Crippen MR) is 102 cm³/mol. The second-order valence-electron chi connectivity index (χ2n) is 6.84. The van der Waals surface area contributed by atoms with Gasteiger partial charge >= 0.3 is 0 Å². The van der Waals surface area contributed by atoms with Crippen molar-refractivity contribution in [2.75, 3.05) is 26.2 Å². The summed E-state index contributed by atoms with van der Waals surface area (Å²) >= 11 is 0. The van der Waals surface area contributed by atoms with Crippen LogP contribution in [0.15, 0.2) is 60.7 Å². The third-order valence-electron chi connectivity index (χ3n) is 5.11. The molecule has 1 N–H and O–H groups in total. The Bertz CT molecular complexity index is 561. The van der Waals surface area contributed by atoms with E-state index in [1.165, 1.54) is 63.0 Å². The van der Waals surface area contributed by atoms with Crippen molar-refractivity contribution in [2.45, 2.75) is 38.1 Å². The zero-order valence-corrected chi connectivity index (χ0v) is 14.7. The molecule has 0 amide bonds. The molecule has 0 aliphatic carbocycles. The van der Waals surface area contributed by atoms with E-state index in [1.807, 2.05) is 0 Å². The lowest BCUT2D eigenvalue weighted by Gasteiger charge is -2.35. The molecule has 0 bridgehead atoms. The highest BCUT2D eigenvalue weighted by Crippen LogP contribution is 2.15. The summed E-state index contributed by atoms with van der Waals surface area (Å²) in [4.78, 5) is 2.75. The van der Waals surface area contributed by atoms with Gasteiger partial charge in [-0.1, -0.05) is 60.7 Å². The van der Waals surface area contributed by atoms with Crippen LogP contribution in [0.3, 0.4) is 0 Å². The van der Waals surface area contributed by atoms with Gasteiger partial charge in [0, 0.05) is 12.6 Å². The van der Waals surface area contributed by atoms with Gasteiger partial charge in [-0.3, -0.25) is 4.90 Å². The second-order valence-corrected chi connectivity index (χ2v) is 6.84. The van der Waals surface area contributed by atoms with Gasteiger partial charge in [-0.25, -0.2) is 0 Å². The first-order valence-electron chi connectivity index (χ1n) is 9.44. The largest absolute Gasteiger partial charge is 0.317 e. The standard InChI is InChI=1S/C22H30N2/c1-3-8-20(9-4-1)12-7-18-24(22-13-16-23-17-14-22)19-15-21-10-5-2-6-11-21/h1-6,8-11,22-23H,7,12-19H2. The smallest absolute Gasteiger partial charge is 0.0119 e. The van der Waals surface area contributed by atoms with Gasteiger partial charge < -0.3 is 5.32 Å². The maximum absolute atomic E-state index is 3.50. The number of hydrogen-bond donors (Lipinski definition) is 1. The summed E-state index contributed by atoms with van der Waals surface area (Å²) in [5.74, 6) is 0. The average molecular weight is 322 g/mol. The van der Waals surface area contributed by atoms with Crippen molar-refractivity contribution in [1.29, 1.82) is 0 Å². The molecule has 1 heterocycles. The number of benzene rings is 2. The van der Waals surface area contributed by atoms with E-state index in [0.717, 1.165) is 12.5 Å². The van der Waals surface area contributed by atoms with E-state index in [4.69, 9.17) is 0 Å². The third kappa shape index (κ3) is 5.47.